The number of likely N-dealkylation sites (tertiary alicyclic amines) is 1. The number of benzene rings is 1. The van der Waals surface area contributed by atoms with Gasteiger partial charge < -0.3 is 14.6 Å². The molecule has 25 heavy (non-hydrogen) atoms. The highest BCUT2D eigenvalue weighted by molar-refractivity contribution is 6.02. The number of carbonyl (C=O) groups excluding carboxylic acids is 2. The monoisotopic (exact) mass is 340 g/mol. The van der Waals surface area contributed by atoms with Gasteiger partial charge in [0.1, 0.15) is 11.4 Å². The van der Waals surface area contributed by atoms with Crippen LogP contribution in [0.15, 0.2) is 24.3 Å². The fourth-order valence-corrected chi connectivity index (χ4v) is 3.82. The van der Waals surface area contributed by atoms with E-state index in [1.807, 2.05) is 43.0 Å². The second-order valence-electron chi connectivity index (χ2n) is 6.61. The first-order valence-electron chi connectivity index (χ1n) is 8.59. The van der Waals surface area contributed by atoms with Crippen molar-refractivity contribution < 1.29 is 14.3 Å². The van der Waals surface area contributed by atoms with E-state index in [2.05, 4.69) is 4.98 Å². The average molecular weight is 340 g/mol. The minimum absolute atomic E-state index is 0.0153. The molecule has 2 heterocycles. The van der Waals surface area contributed by atoms with Gasteiger partial charge in [0.2, 0.25) is 0 Å². The molecule has 1 aliphatic heterocycles. The molecule has 0 radical (unpaired) electrons. The molecule has 1 saturated heterocycles. The Hall–Kier alpha value is -2.56. The molecule has 1 aromatic heterocycles. The quantitative estimate of drug-likeness (QED) is 0.861. The van der Waals surface area contributed by atoms with Gasteiger partial charge in [0.25, 0.3) is 5.91 Å². The average Bonchev–Trinajstić information content (AvgIpc) is 3.19. The summed E-state index contributed by atoms with van der Waals surface area (Å²) in [4.78, 5) is 30.0. The van der Waals surface area contributed by atoms with Gasteiger partial charge >= 0.3 is 0 Å². The van der Waals surface area contributed by atoms with Gasteiger partial charge in [0.05, 0.1) is 13.2 Å². The smallest absolute Gasteiger partial charge is 0.271 e. The number of hydrogen-bond donors (Lipinski definition) is 1. The molecule has 0 aliphatic carbocycles. The molecule has 5 nitrogen and oxygen atoms in total. The number of nitrogens with zero attached hydrogens (tertiary/aromatic N) is 1. The largest absolute Gasteiger partial charge is 0.497 e. The number of Topliss-reactive ketones (excluding diaryl/α,β-unsaturated/α-hetero) is 1. The van der Waals surface area contributed by atoms with Gasteiger partial charge in [-0.25, -0.2) is 0 Å². The third-order valence-electron chi connectivity index (χ3n) is 5.02. The minimum atomic E-state index is -0.0357. The highest BCUT2D eigenvalue weighted by Crippen LogP contribution is 2.34. The number of rotatable bonds is 4. The molecule has 1 aromatic carbocycles. The molecule has 1 amide bonds. The fourth-order valence-electron chi connectivity index (χ4n) is 3.82. The van der Waals surface area contributed by atoms with Crippen LogP contribution in [0.5, 0.6) is 5.75 Å². The van der Waals surface area contributed by atoms with E-state index < -0.39 is 0 Å². The molecule has 0 spiro atoms. The Balaban J connectivity index is 1.91. The lowest BCUT2D eigenvalue weighted by atomic mass is 10.0. The Morgan fingerprint density at radius 1 is 1.20 bits per heavy atom. The van der Waals surface area contributed by atoms with Crippen molar-refractivity contribution in [3.8, 4) is 5.75 Å². The van der Waals surface area contributed by atoms with E-state index >= 15 is 0 Å². The first kappa shape index (κ1) is 17.3. The molecular formula is C20H24N2O3. The predicted molar refractivity (Wildman–Crippen MR) is 96.3 cm³/mol. The zero-order valence-corrected chi connectivity index (χ0v) is 15.2. The topological polar surface area (TPSA) is 62.4 Å². The van der Waals surface area contributed by atoms with Crippen molar-refractivity contribution in [2.75, 3.05) is 13.7 Å². The number of ketones is 1. The van der Waals surface area contributed by atoms with E-state index in [4.69, 9.17) is 4.74 Å². The molecule has 1 atom stereocenters. The highest BCUT2D eigenvalue weighted by atomic mass is 16.5. The van der Waals surface area contributed by atoms with Gasteiger partial charge in [0, 0.05) is 17.8 Å². The summed E-state index contributed by atoms with van der Waals surface area (Å²) >= 11 is 0. The zero-order valence-electron chi connectivity index (χ0n) is 15.2. The number of methoxy groups -OCH3 is 1. The van der Waals surface area contributed by atoms with Crippen LogP contribution in [0, 0.1) is 13.8 Å². The second kappa shape index (κ2) is 6.75. The number of amides is 1. The molecule has 1 N–H and O–H groups in total. The summed E-state index contributed by atoms with van der Waals surface area (Å²) in [5.41, 5.74) is 3.77. The lowest BCUT2D eigenvalue weighted by Crippen LogP contribution is -2.31. The summed E-state index contributed by atoms with van der Waals surface area (Å²) < 4.78 is 5.21. The molecule has 1 fully saturated rings. The molecule has 0 bridgehead atoms. The molecule has 1 aliphatic rings. The Morgan fingerprint density at radius 3 is 2.44 bits per heavy atom. The van der Waals surface area contributed by atoms with E-state index in [0.29, 0.717) is 11.3 Å². The van der Waals surface area contributed by atoms with Gasteiger partial charge in [-0.05, 0) is 56.9 Å². The zero-order chi connectivity index (χ0) is 18.1. The van der Waals surface area contributed by atoms with Crippen LogP contribution in [0.4, 0.5) is 0 Å². The number of nitrogens with one attached hydrogen (secondary N) is 1. The Kier molecular flexibility index (Phi) is 4.66. The van der Waals surface area contributed by atoms with Crippen LogP contribution in [-0.2, 0) is 0 Å². The number of aromatic amines is 1. The summed E-state index contributed by atoms with van der Waals surface area (Å²) in [5.74, 6) is 0.756. The third kappa shape index (κ3) is 3.06. The lowest BCUT2D eigenvalue weighted by Gasteiger charge is -2.25. The van der Waals surface area contributed by atoms with Crippen LogP contribution in [0.3, 0.4) is 0 Å². The van der Waals surface area contributed by atoms with Crippen molar-refractivity contribution in [1.29, 1.82) is 0 Å². The van der Waals surface area contributed by atoms with Gasteiger partial charge in [-0.2, -0.15) is 0 Å². The standard InChI is InChI=1S/C20H24N2O3/c1-12-18(14(3)23)13(2)21-19(12)20(24)22-11-5-6-17(22)15-7-9-16(25-4)10-8-15/h7-10,17,21H,5-6,11H2,1-4H3. The van der Waals surface area contributed by atoms with Gasteiger partial charge in [-0.3, -0.25) is 9.59 Å². The van der Waals surface area contributed by atoms with Crippen molar-refractivity contribution in [2.45, 2.75) is 39.7 Å². The molecule has 2 aromatic rings. The summed E-state index contributed by atoms with van der Waals surface area (Å²) in [6.45, 7) is 5.94. The maximum atomic E-state index is 13.1. The van der Waals surface area contributed by atoms with Crippen LogP contribution in [0.25, 0.3) is 0 Å². The first-order valence-corrected chi connectivity index (χ1v) is 8.59. The van der Waals surface area contributed by atoms with E-state index in [1.165, 1.54) is 6.92 Å². The summed E-state index contributed by atoms with van der Waals surface area (Å²) in [5, 5.41) is 0. The Bertz CT molecular complexity index is 805. The van der Waals surface area contributed by atoms with Crippen LogP contribution >= 0.6 is 0 Å². The Labute approximate surface area is 148 Å². The first-order chi connectivity index (χ1) is 11.9. The fraction of sp³-hybridized carbons (Fsp3) is 0.400. The SMILES string of the molecule is COc1ccc(C2CCCN2C(=O)c2[nH]c(C)c(C(C)=O)c2C)cc1. The van der Waals surface area contributed by atoms with E-state index in [0.717, 1.165) is 42.0 Å². The van der Waals surface area contributed by atoms with Crippen molar-refractivity contribution >= 4 is 11.7 Å². The van der Waals surface area contributed by atoms with Crippen LogP contribution in [-0.4, -0.2) is 35.2 Å². The predicted octanol–water partition coefficient (Wildman–Crippen LogP) is 3.82. The number of H-pyrrole nitrogens is 1. The summed E-state index contributed by atoms with van der Waals surface area (Å²) in [6.07, 6.45) is 1.91. The van der Waals surface area contributed by atoms with Crippen molar-refractivity contribution in [3.05, 3.63) is 52.3 Å². The van der Waals surface area contributed by atoms with Crippen LogP contribution in [0.2, 0.25) is 0 Å². The molecule has 1 unspecified atom stereocenters. The highest BCUT2D eigenvalue weighted by Gasteiger charge is 2.33. The molecule has 132 valence electrons. The van der Waals surface area contributed by atoms with Crippen molar-refractivity contribution in [2.24, 2.45) is 0 Å². The molecule has 5 heteroatoms. The third-order valence-corrected chi connectivity index (χ3v) is 5.02. The molecule has 0 saturated carbocycles. The van der Waals surface area contributed by atoms with Crippen LogP contribution in [0.1, 0.15) is 63.5 Å². The number of carbonyl (C=O) groups is 2. The maximum Gasteiger partial charge on any atom is 0.271 e. The normalized spacial score (nSPS) is 17.0. The molecule has 3 rings (SSSR count). The second-order valence-corrected chi connectivity index (χ2v) is 6.61. The van der Waals surface area contributed by atoms with E-state index in [9.17, 15) is 9.59 Å². The van der Waals surface area contributed by atoms with Crippen LogP contribution < -0.4 is 4.74 Å². The van der Waals surface area contributed by atoms with Crippen molar-refractivity contribution in [1.82, 2.24) is 9.88 Å². The van der Waals surface area contributed by atoms with Gasteiger partial charge in [-0.1, -0.05) is 12.1 Å². The summed E-state index contributed by atoms with van der Waals surface area (Å²) in [6, 6.07) is 7.94. The van der Waals surface area contributed by atoms with Gasteiger partial charge in [-0.15, -0.1) is 0 Å². The maximum absolute atomic E-state index is 13.1. The number of ether oxygens (including phenoxy) is 1. The lowest BCUT2D eigenvalue weighted by molar-refractivity contribution is 0.0729. The number of aryl methyl sites for hydroxylation is 1. The molecular weight excluding hydrogens is 316 g/mol. The van der Waals surface area contributed by atoms with Gasteiger partial charge in [0.15, 0.2) is 5.78 Å². The number of aromatic nitrogens is 1. The number of hydrogen-bond acceptors (Lipinski definition) is 3. The van der Waals surface area contributed by atoms with E-state index in [1.54, 1.807) is 7.11 Å². The minimum Gasteiger partial charge on any atom is -0.497 e. The Morgan fingerprint density at radius 2 is 1.88 bits per heavy atom. The van der Waals surface area contributed by atoms with Crippen molar-refractivity contribution in [3.63, 3.8) is 0 Å². The van der Waals surface area contributed by atoms with E-state index in [-0.39, 0.29) is 17.7 Å². The summed E-state index contributed by atoms with van der Waals surface area (Å²) in [7, 11) is 1.64.